The SMILES string of the molecule is CCCC1COCCN1C(=O)c1ccc(-c2cc(C)ccc2O)cc1. The van der Waals surface area contributed by atoms with Crippen LogP contribution in [0.3, 0.4) is 0 Å². The summed E-state index contributed by atoms with van der Waals surface area (Å²) in [5.41, 5.74) is 3.46. The van der Waals surface area contributed by atoms with Gasteiger partial charge in [-0.1, -0.05) is 37.1 Å². The highest BCUT2D eigenvalue weighted by molar-refractivity contribution is 5.95. The van der Waals surface area contributed by atoms with Gasteiger partial charge in [0.05, 0.1) is 19.3 Å². The molecule has 132 valence electrons. The van der Waals surface area contributed by atoms with Crippen LogP contribution < -0.4 is 0 Å². The first-order valence-corrected chi connectivity index (χ1v) is 8.89. The van der Waals surface area contributed by atoms with Gasteiger partial charge in [-0.2, -0.15) is 0 Å². The van der Waals surface area contributed by atoms with E-state index in [0.717, 1.165) is 29.5 Å². The Labute approximate surface area is 149 Å². The fraction of sp³-hybridized carbons (Fsp3) is 0.381. The van der Waals surface area contributed by atoms with Gasteiger partial charge in [-0.25, -0.2) is 0 Å². The minimum Gasteiger partial charge on any atom is -0.507 e. The molecule has 1 N–H and O–H groups in total. The molecule has 25 heavy (non-hydrogen) atoms. The van der Waals surface area contributed by atoms with E-state index in [2.05, 4.69) is 6.92 Å². The highest BCUT2D eigenvalue weighted by atomic mass is 16.5. The van der Waals surface area contributed by atoms with E-state index in [4.69, 9.17) is 4.74 Å². The van der Waals surface area contributed by atoms with Gasteiger partial charge in [0, 0.05) is 17.7 Å². The number of phenols is 1. The van der Waals surface area contributed by atoms with E-state index in [-0.39, 0.29) is 17.7 Å². The summed E-state index contributed by atoms with van der Waals surface area (Å²) in [5.74, 6) is 0.308. The van der Waals surface area contributed by atoms with Gasteiger partial charge in [0.1, 0.15) is 5.75 Å². The van der Waals surface area contributed by atoms with Crippen molar-refractivity contribution in [1.82, 2.24) is 4.90 Å². The second-order valence-corrected chi connectivity index (χ2v) is 6.61. The third-order valence-electron chi connectivity index (χ3n) is 4.71. The second-order valence-electron chi connectivity index (χ2n) is 6.61. The lowest BCUT2D eigenvalue weighted by atomic mass is 10.0. The Bertz CT molecular complexity index is 737. The fourth-order valence-corrected chi connectivity index (χ4v) is 3.33. The van der Waals surface area contributed by atoms with Crippen LogP contribution in [0, 0.1) is 6.92 Å². The number of rotatable bonds is 4. The van der Waals surface area contributed by atoms with Gasteiger partial charge in [-0.15, -0.1) is 0 Å². The van der Waals surface area contributed by atoms with Crippen molar-refractivity contribution in [3.05, 3.63) is 53.6 Å². The molecular weight excluding hydrogens is 314 g/mol. The zero-order valence-corrected chi connectivity index (χ0v) is 14.9. The zero-order valence-electron chi connectivity index (χ0n) is 14.9. The highest BCUT2D eigenvalue weighted by Gasteiger charge is 2.27. The van der Waals surface area contributed by atoms with Crippen LogP contribution in [0.15, 0.2) is 42.5 Å². The lowest BCUT2D eigenvalue weighted by Crippen LogP contribution is -2.48. The van der Waals surface area contributed by atoms with Gasteiger partial charge >= 0.3 is 0 Å². The van der Waals surface area contributed by atoms with E-state index in [1.165, 1.54) is 0 Å². The predicted octanol–water partition coefficient (Wildman–Crippen LogP) is 4.01. The molecule has 0 aliphatic carbocycles. The number of nitrogens with zero attached hydrogens (tertiary/aromatic N) is 1. The molecule has 1 atom stereocenters. The van der Waals surface area contributed by atoms with Gasteiger partial charge in [-0.3, -0.25) is 4.79 Å². The number of carbonyl (C=O) groups is 1. The summed E-state index contributed by atoms with van der Waals surface area (Å²) in [6.07, 6.45) is 1.99. The third kappa shape index (κ3) is 3.85. The van der Waals surface area contributed by atoms with Crippen LogP contribution in [0.5, 0.6) is 5.75 Å². The quantitative estimate of drug-likeness (QED) is 0.916. The molecule has 0 radical (unpaired) electrons. The van der Waals surface area contributed by atoms with E-state index >= 15 is 0 Å². The third-order valence-corrected chi connectivity index (χ3v) is 4.71. The Morgan fingerprint density at radius 2 is 2.00 bits per heavy atom. The van der Waals surface area contributed by atoms with Crippen molar-refractivity contribution in [2.75, 3.05) is 19.8 Å². The molecule has 1 fully saturated rings. The predicted molar refractivity (Wildman–Crippen MR) is 98.8 cm³/mol. The fourth-order valence-electron chi connectivity index (χ4n) is 3.33. The molecule has 4 heteroatoms. The molecule has 0 spiro atoms. The lowest BCUT2D eigenvalue weighted by molar-refractivity contribution is -0.00433. The van der Waals surface area contributed by atoms with Crippen LogP contribution >= 0.6 is 0 Å². The topological polar surface area (TPSA) is 49.8 Å². The molecule has 1 unspecified atom stereocenters. The average molecular weight is 339 g/mol. The Kier molecular flexibility index (Phi) is 5.39. The minimum absolute atomic E-state index is 0.0572. The maximum Gasteiger partial charge on any atom is 0.254 e. The van der Waals surface area contributed by atoms with Gasteiger partial charge < -0.3 is 14.7 Å². The minimum atomic E-state index is 0.0572. The number of morpholine rings is 1. The molecule has 1 aliphatic heterocycles. The van der Waals surface area contributed by atoms with Gasteiger partial charge in [-0.05, 0) is 43.2 Å². The normalized spacial score (nSPS) is 17.5. The van der Waals surface area contributed by atoms with E-state index in [0.29, 0.717) is 25.3 Å². The molecule has 2 aromatic rings. The van der Waals surface area contributed by atoms with Crippen molar-refractivity contribution in [2.45, 2.75) is 32.7 Å². The van der Waals surface area contributed by atoms with Crippen molar-refractivity contribution in [2.24, 2.45) is 0 Å². The Hall–Kier alpha value is -2.33. The first-order chi connectivity index (χ1) is 12.1. The van der Waals surface area contributed by atoms with E-state index in [1.807, 2.05) is 48.2 Å². The van der Waals surface area contributed by atoms with Crippen molar-refractivity contribution in [1.29, 1.82) is 0 Å². The molecule has 2 aromatic carbocycles. The zero-order chi connectivity index (χ0) is 17.8. The summed E-state index contributed by atoms with van der Waals surface area (Å²) < 4.78 is 5.53. The Balaban J connectivity index is 1.81. The molecule has 0 saturated carbocycles. The van der Waals surface area contributed by atoms with E-state index in [1.54, 1.807) is 6.07 Å². The van der Waals surface area contributed by atoms with Gasteiger partial charge in [0.25, 0.3) is 5.91 Å². The van der Waals surface area contributed by atoms with Gasteiger partial charge in [0.2, 0.25) is 0 Å². The molecule has 1 heterocycles. The average Bonchev–Trinajstić information content (AvgIpc) is 2.64. The van der Waals surface area contributed by atoms with Crippen molar-refractivity contribution in [3.8, 4) is 16.9 Å². The number of benzene rings is 2. The number of ether oxygens (including phenoxy) is 1. The Morgan fingerprint density at radius 1 is 1.24 bits per heavy atom. The standard InChI is InChI=1S/C21H25NO3/c1-3-4-18-14-25-12-11-22(18)21(24)17-8-6-16(7-9-17)19-13-15(2)5-10-20(19)23/h5-10,13,18,23H,3-4,11-12,14H2,1-2H3. The molecule has 1 amide bonds. The summed E-state index contributed by atoms with van der Waals surface area (Å²) >= 11 is 0. The molecule has 3 rings (SSSR count). The maximum absolute atomic E-state index is 12.9. The largest absolute Gasteiger partial charge is 0.507 e. The molecule has 1 saturated heterocycles. The summed E-state index contributed by atoms with van der Waals surface area (Å²) in [6, 6.07) is 13.2. The van der Waals surface area contributed by atoms with Crippen LogP contribution in [-0.2, 0) is 4.74 Å². The highest BCUT2D eigenvalue weighted by Crippen LogP contribution is 2.30. The van der Waals surface area contributed by atoms with Crippen LogP contribution in [0.25, 0.3) is 11.1 Å². The van der Waals surface area contributed by atoms with E-state index in [9.17, 15) is 9.90 Å². The molecular formula is C21H25NO3. The number of hydrogen-bond donors (Lipinski definition) is 1. The van der Waals surface area contributed by atoms with Gasteiger partial charge in [0.15, 0.2) is 0 Å². The van der Waals surface area contributed by atoms with Crippen LogP contribution in [0.4, 0.5) is 0 Å². The second kappa shape index (κ2) is 7.70. The maximum atomic E-state index is 12.9. The summed E-state index contributed by atoms with van der Waals surface area (Å²) in [7, 11) is 0. The van der Waals surface area contributed by atoms with Crippen LogP contribution in [-0.4, -0.2) is 41.7 Å². The van der Waals surface area contributed by atoms with Crippen molar-refractivity contribution < 1.29 is 14.6 Å². The number of aromatic hydroxyl groups is 1. The first kappa shape index (κ1) is 17.5. The van der Waals surface area contributed by atoms with Crippen molar-refractivity contribution in [3.63, 3.8) is 0 Å². The molecule has 1 aliphatic rings. The van der Waals surface area contributed by atoms with Crippen molar-refractivity contribution >= 4 is 5.91 Å². The van der Waals surface area contributed by atoms with E-state index < -0.39 is 0 Å². The number of phenolic OH excluding ortho intramolecular Hbond substituents is 1. The first-order valence-electron chi connectivity index (χ1n) is 8.89. The molecule has 4 nitrogen and oxygen atoms in total. The lowest BCUT2D eigenvalue weighted by Gasteiger charge is -2.35. The summed E-state index contributed by atoms with van der Waals surface area (Å²) in [5, 5.41) is 10.1. The number of amides is 1. The number of carbonyl (C=O) groups excluding carboxylic acids is 1. The Morgan fingerprint density at radius 3 is 2.72 bits per heavy atom. The smallest absolute Gasteiger partial charge is 0.254 e. The number of hydrogen-bond acceptors (Lipinski definition) is 3. The van der Waals surface area contributed by atoms with Crippen LogP contribution in [0.1, 0.15) is 35.7 Å². The monoisotopic (exact) mass is 339 g/mol. The molecule has 0 aromatic heterocycles. The summed E-state index contributed by atoms with van der Waals surface area (Å²) in [4.78, 5) is 14.8. The van der Waals surface area contributed by atoms with Crippen LogP contribution in [0.2, 0.25) is 0 Å². The summed E-state index contributed by atoms with van der Waals surface area (Å²) in [6.45, 7) is 5.98. The number of aryl methyl sites for hydroxylation is 1. The molecule has 0 bridgehead atoms.